The van der Waals surface area contributed by atoms with Crippen LogP contribution in [0.5, 0.6) is 0 Å². The number of rotatable bonds is 2. The third-order valence-corrected chi connectivity index (χ3v) is 5.08. The first-order valence-corrected chi connectivity index (χ1v) is 8.78. The molecular formula is C18H29N3O2. The van der Waals surface area contributed by atoms with E-state index in [9.17, 15) is 4.79 Å². The molecule has 1 amide bonds. The molecule has 1 saturated heterocycles. The Morgan fingerprint density at radius 2 is 2.00 bits per heavy atom. The topological polar surface area (TPSA) is 56.2 Å². The van der Waals surface area contributed by atoms with Crippen LogP contribution >= 0.6 is 0 Å². The number of nitrogens with zero attached hydrogens (tertiary/aromatic N) is 2. The zero-order valence-corrected chi connectivity index (χ0v) is 14.9. The second-order valence-electron chi connectivity index (χ2n) is 8.30. The molecule has 23 heavy (non-hydrogen) atoms. The molecule has 2 aliphatic heterocycles. The van der Waals surface area contributed by atoms with E-state index < -0.39 is 0 Å². The minimum atomic E-state index is 0.0397. The molecule has 1 N–H and O–H groups in total. The van der Waals surface area contributed by atoms with E-state index in [2.05, 4.69) is 33.0 Å². The lowest BCUT2D eigenvalue weighted by atomic mass is 9.74. The highest BCUT2D eigenvalue weighted by Gasteiger charge is 2.40. The highest BCUT2D eigenvalue weighted by atomic mass is 16.5. The second kappa shape index (κ2) is 5.93. The number of ether oxygens (including phenoxy) is 1. The van der Waals surface area contributed by atoms with E-state index in [0.717, 1.165) is 63.4 Å². The smallest absolute Gasteiger partial charge is 0.269 e. The molecule has 128 valence electrons. The van der Waals surface area contributed by atoms with E-state index >= 15 is 0 Å². The van der Waals surface area contributed by atoms with E-state index in [-0.39, 0.29) is 16.7 Å². The second-order valence-corrected chi connectivity index (χ2v) is 8.30. The van der Waals surface area contributed by atoms with Crippen molar-refractivity contribution in [3.8, 4) is 0 Å². The number of aromatic nitrogens is 2. The van der Waals surface area contributed by atoms with Crippen LogP contribution in [0.1, 0.15) is 62.3 Å². The number of hydrogen-bond acceptors (Lipinski definition) is 3. The van der Waals surface area contributed by atoms with Crippen molar-refractivity contribution in [2.75, 3.05) is 19.8 Å². The Kier molecular flexibility index (Phi) is 4.25. The first-order valence-electron chi connectivity index (χ1n) is 8.78. The Bertz CT molecular complexity index is 592. The summed E-state index contributed by atoms with van der Waals surface area (Å²) in [7, 11) is 0. The van der Waals surface area contributed by atoms with Crippen molar-refractivity contribution >= 4 is 5.91 Å². The molecule has 0 aliphatic carbocycles. The quantitative estimate of drug-likeness (QED) is 0.911. The number of aryl methyl sites for hydroxylation is 1. The maximum absolute atomic E-state index is 12.7. The van der Waals surface area contributed by atoms with Crippen molar-refractivity contribution in [2.24, 2.45) is 10.8 Å². The summed E-state index contributed by atoms with van der Waals surface area (Å²) in [5, 5.41) is 7.95. The molecule has 3 rings (SSSR count). The molecular weight excluding hydrogens is 290 g/mol. The highest BCUT2D eigenvalue weighted by Crippen LogP contribution is 2.38. The Morgan fingerprint density at radius 1 is 1.30 bits per heavy atom. The van der Waals surface area contributed by atoms with Crippen LogP contribution in [0.25, 0.3) is 0 Å². The standard InChI is InChI=1S/C18H29N3O2/c1-5-21-15-13(14(20-21)11-17(2,3)4)10-18(12-19-16(15)22)6-8-23-9-7-18/h5-12H2,1-4H3,(H,19,22). The lowest BCUT2D eigenvalue weighted by Crippen LogP contribution is -2.40. The van der Waals surface area contributed by atoms with Crippen molar-refractivity contribution in [3.05, 3.63) is 17.0 Å². The van der Waals surface area contributed by atoms with Crippen molar-refractivity contribution in [3.63, 3.8) is 0 Å². The maximum atomic E-state index is 12.7. The van der Waals surface area contributed by atoms with Gasteiger partial charge in [0, 0.05) is 31.9 Å². The van der Waals surface area contributed by atoms with Crippen molar-refractivity contribution in [2.45, 2.75) is 59.9 Å². The molecule has 0 aromatic carbocycles. The molecule has 1 aromatic heterocycles. The maximum Gasteiger partial charge on any atom is 0.269 e. The first kappa shape index (κ1) is 16.5. The van der Waals surface area contributed by atoms with Gasteiger partial charge in [-0.15, -0.1) is 0 Å². The summed E-state index contributed by atoms with van der Waals surface area (Å²) in [5.41, 5.74) is 3.37. The number of fused-ring (bicyclic) bond motifs is 1. The van der Waals surface area contributed by atoms with Gasteiger partial charge in [-0.25, -0.2) is 0 Å². The van der Waals surface area contributed by atoms with Gasteiger partial charge in [-0.2, -0.15) is 5.10 Å². The normalized spacial score (nSPS) is 21.0. The fourth-order valence-corrected chi connectivity index (χ4v) is 3.81. The highest BCUT2D eigenvalue weighted by molar-refractivity contribution is 5.94. The molecule has 1 aromatic rings. The van der Waals surface area contributed by atoms with Gasteiger partial charge in [-0.3, -0.25) is 9.48 Å². The zero-order chi connectivity index (χ0) is 16.7. The molecule has 0 unspecified atom stereocenters. The molecule has 5 nitrogen and oxygen atoms in total. The molecule has 0 bridgehead atoms. The SMILES string of the molecule is CCn1nc(CC(C)(C)C)c2c1C(=O)NCC1(CCOCC1)C2. The number of amides is 1. The summed E-state index contributed by atoms with van der Waals surface area (Å²) in [6.45, 7) is 11.8. The third kappa shape index (κ3) is 3.30. The molecule has 0 atom stereocenters. The fourth-order valence-electron chi connectivity index (χ4n) is 3.81. The van der Waals surface area contributed by atoms with Crippen LogP contribution in [-0.4, -0.2) is 35.4 Å². The van der Waals surface area contributed by atoms with Crippen molar-refractivity contribution in [1.82, 2.24) is 15.1 Å². The summed E-state index contributed by atoms with van der Waals surface area (Å²) in [6.07, 6.45) is 3.87. The largest absolute Gasteiger partial charge is 0.381 e. The van der Waals surface area contributed by atoms with Gasteiger partial charge in [0.2, 0.25) is 0 Å². The van der Waals surface area contributed by atoms with Crippen molar-refractivity contribution in [1.29, 1.82) is 0 Å². The van der Waals surface area contributed by atoms with E-state index in [1.807, 2.05) is 4.68 Å². The number of carbonyl (C=O) groups is 1. The Labute approximate surface area is 138 Å². The van der Waals surface area contributed by atoms with Crippen LogP contribution in [0.4, 0.5) is 0 Å². The average Bonchev–Trinajstić information content (AvgIpc) is 2.74. The van der Waals surface area contributed by atoms with Gasteiger partial charge in [0.25, 0.3) is 5.91 Å². The van der Waals surface area contributed by atoms with Crippen LogP contribution in [0.15, 0.2) is 0 Å². The lowest BCUT2D eigenvalue weighted by molar-refractivity contribution is 0.0160. The van der Waals surface area contributed by atoms with E-state index in [0.29, 0.717) is 0 Å². The lowest BCUT2D eigenvalue weighted by Gasteiger charge is -2.36. The molecule has 3 heterocycles. The van der Waals surface area contributed by atoms with Crippen molar-refractivity contribution < 1.29 is 9.53 Å². The van der Waals surface area contributed by atoms with Crippen LogP contribution < -0.4 is 5.32 Å². The zero-order valence-electron chi connectivity index (χ0n) is 14.9. The molecule has 1 spiro atoms. The summed E-state index contributed by atoms with van der Waals surface area (Å²) in [4.78, 5) is 12.7. The first-order chi connectivity index (χ1) is 10.8. The third-order valence-electron chi connectivity index (χ3n) is 5.08. The molecule has 2 aliphatic rings. The summed E-state index contributed by atoms with van der Waals surface area (Å²) >= 11 is 0. The van der Waals surface area contributed by atoms with Crippen LogP contribution in [-0.2, 0) is 24.1 Å². The number of carbonyl (C=O) groups excluding carboxylic acids is 1. The van der Waals surface area contributed by atoms with Gasteiger partial charge in [-0.05, 0) is 43.4 Å². The van der Waals surface area contributed by atoms with Crippen LogP contribution in [0.2, 0.25) is 0 Å². The fraction of sp³-hybridized carbons (Fsp3) is 0.778. The molecule has 0 radical (unpaired) electrons. The van der Waals surface area contributed by atoms with E-state index in [1.165, 1.54) is 5.56 Å². The summed E-state index contributed by atoms with van der Waals surface area (Å²) in [5.74, 6) is 0.0397. The minimum absolute atomic E-state index is 0.0397. The minimum Gasteiger partial charge on any atom is -0.381 e. The Balaban J connectivity index is 2.04. The predicted molar refractivity (Wildman–Crippen MR) is 89.6 cm³/mol. The molecule has 5 heteroatoms. The number of nitrogens with one attached hydrogen (secondary N) is 1. The average molecular weight is 319 g/mol. The Hall–Kier alpha value is -1.36. The number of hydrogen-bond donors (Lipinski definition) is 1. The van der Waals surface area contributed by atoms with Gasteiger partial charge in [0.1, 0.15) is 5.69 Å². The van der Waals surface area contributed by atoms with Gasteiger partial charge < -0.3 is 10.1 Å². The van der Waals surface area contributed by atoms with Gasteiger partial charge >= 0.3 is 0 Å². The van der Waals surface area contributed by atoms with Crippen LogP contribution in [0.3, 0.4) is 0 Å². The predicted octanol–water partition coefficient (Wildman–Crippen LogP) is 2.57. The van der Waals surface area contributed by atoms with Gasteiger partial charge in [0.05, 0.1) is 5.69 Å². The summed E-state index contributed by atoms with van der Waals surface area (Å²) < 4.78 is 7.45. The Morgan fingerprint density at radius 3 is 2.61 bits per heavy atom. The molecule has 0 saturated carbocycles. The van der Waals surface area contributed by atoms with E-state index in [4.69, 9.17) is 9.84 Å². The van der Waals surface area contributed by atoms with Gasteiger partial charge in [0.15, 0.2) is 0 Å². The van der Waals surface area contributed by atoms with E-state index in [1.54, 1.807) is 0 Å². The van der Waals surface area contributed by atoms with Gasteiger partial charge in [-0.1, -0.05) is 20.8 Å². The van der Waals surface area contributed by atoms with Crippen LogP contribution in [0, 0.1) is 10.8 Å². The monoisotopic (exact) mass is 319 g/mol. The summed E-state index contributed by atoms with van der Waals surface area (Å²) in [6, 6.07) is 0. The molecule has 1 fully saturated rings.